The van der Waals surface area contributed by atoms with Crippen molar-refractivity contribution in [3.63, 3.8) is 0 Å². The lowest BCUT2D eigenvalue weighted by molar-refractivity contribution is 0.0555. The highest BCUT2D eigenvalue weighted by Gasteiger charge is 2.20. The lowest BCUT2D eigenvalue weighted by atomic mass is 10.1. The molecule has 122 valence electrons. The van der Waals surface area contributed by atoms with Gasteiger partial charge in [0.05, 0.1) is 12.7 Å². The number of aliphatic hydroxyl groups is 1. The Hall–Kier alpha value is -2.10. The molecule has 0 fully saturated rings. The maximum Gasteiger partial charge on any atom is 0.119 e. The molecule has 1 unspecified atom stereocenters. The van der Waals surface area contributed by atoms with E-state index in [1.807, 2.05) is 36.4 Å². The van der Waals surface area contributed by atoms with Crippen LogP contribution in [0.15, 0.2) is 67.3 Å². The summed E-state index contributed by atoms with van der Waals surface area (Å²) >= 11 is 0. The number of hydrogen-bond donors (Lipinski definition) is 1. The fraction of sp³-hybridized carbons (Fsp3) is 0.300. The Bertz CT molecular complexity index is 623. The molecule has 0 aliphatic rings. The van der Waals surface area contributed by atoms with E-state index < -0.39 is 5.60 Å². The summed E-state index contributed by atoms with van der Waals surface area (Å²) in [5.74, 6) is 0.845. The number of methoxy groups -OCH3 is 1. The van der Waals surface area contributed by atoms with E-state index in [1.165, 1.54) is 5.56 Å². The van der Waals surface area contributed by atoms with E-state index in [1.54, 1.807) is 20.1 Å². The van der Waals surface area contributed by atoms with Crippen molar-refractivity contribution < 1.29 is 9.84 Å². The SMILES string of the molecule is C=CC(C)(O)CN(Cc1ccccc1)Cc1cccc(OC)c1. The summed E-state index contributed by atoms with van der Waals surface area (Å²) in [5, 5.41) is 10.4. The molecule has 2 aromatic rings. The Kier molecular flexibility index (Phi) is 5.97. The van der Waals surface area contributed by atoms with Crippen LogP contribution in [0.5, 0.6) is 5.75 Å². The molecule has 1 atom stereocenters. The molecule has 0 spiro atoms. The van der Waals surface area contributed by atoms with Crippen LogP contribution in [-0.4, -0.2) is 29.3 Å². The van der Waals surface area contributed by atoms with Crippen molar-refractivity contribution in [3.8, 4) is 5.75 Å². The van der Waals surface area contributed by atoms with Crippen LogP contribution in [0.25, 0.3) is 0 Å². The van der Waals surface area contributed by atoms with Crippen LogP contribution >= 0.6 is 0 Å². The van der Waals surface area contributed by atoms with E-state index in [0.717, 1.165) is 24.4 Å². The molecule has 2 aromatic carbocycles. The van der Waals surface area contributed by atoms with Gasteiger partial charge in [0.15, 0.2) is 0 Å². The molecule has 2 rings (SSSR count). The molecular weight excluding hydrogens is 286 g/mol. The zero-order valence-corrected chi connectivity index (χ0v) is 13.9. The molecular formula is C20H25NO2. The minimum atomic E-state index is -0.923. The fourth-order valence-corrected chi connectivity index (χ4v) is 2.56. The van der Waals surface area contributed by atoms with Gasteiger partial charge < -0.3 is 9.84 Å². The number of nitrogens with zero attached hydrogens (tertiary/aromatic N) is 1. The lowest BCUT2D eigenvalue weighted by Crippen LogP contribution is -2.38. The summed E-state index contributed by atoms with van der Waals surface area (Å²) in [6.07, 6.45) is 1.59. The highest BCUT2D eigenvalue weighted by molar-refractivity contribution is 5.28. The second-order valence-corrected chi connectivity index (χ2v) is 6.04. The lowest BCUT2D eigenvalue weighted by Gasteiger charge is -2.29. The molecule has 0 amide bonds. The van der Waals surface area contributed by atoms with Crippen molar-refractivity contribution >= 4 is 0 Å². The van der Waals surface area contributed by atoms with E-state index >= 15 is 0 Å². The smallest absolute Gasteiger partial charge is 0.119 e. The Morgan fingerprint density at radius 2 is 1.74 bits per heavy atom. The van der Waals surface area contributed by atoms with Gasteiger partial charge in [-0.2, -0.15) is 0 Å². The molecule has 0 saturated heterocycles. The van der Waals surface area contributed by atoms with Crippen LogP contribution in [0, 0.1) is 0 Å². The molecule has 0 bridgehead atoms. The van der Waals surface area contributed by atoms with Gasteiger partial charge in [0.2, 0.25) is 0 Å². The summed E-state index contributed by atoms with van der Waals surface area (Å²) in [6, 6.07) is 18.3. The monoisotopic (exact) mass is 311 g/mol. The Morgan fingerprint density at radius 1 is 1.09 bits per heavy atom. The van der Waals surface area contributed by atoms with Crippen LogP contribution in [0.4, 0.5) is 0 Å². The number of hydrogen-bond acceptors (Lipinski definition) is 3. The molecule has 0 aromatic heterocycles. The van der Waals surface area contributed by atoms with Crippen molar-refractivity contribution in [1.29, 1.82) is 0 Å². The van der Waals surface area contributed by atoms with E-state index in [-0.39, 0.29) is 0 Å². The first kappa shape index (κ1) is 17.3. The van der Waals surface area contributed by atoms with Gasteiger partial charge in [-0.15, -0.1) is 6.58 Å². The minimum Gasteiger partial charge on any atom is -0.497 e. The largest absolute Gasteiger partial charge is 0.497 e. The van der Waals surface area contributed by atoms with Gasteiger partial charge in [-0.05, 0) is 30.2 Å². The highest BCUT2D eigenvalue weighted by Crippen LogP contribution is 2.18. The van der Waals surface area contributed by atoms with Crippen LogP contribution in [0.3, 0.4) is 0 Å². The summed E-state index contributed by atoms with van der Waals surface area (Å²) in [4.78, 5) is 2.21. The molecule has 0 heterocycles. The van der Waals surface area contributed by atoms with Crippen molar-refractivity contribution in [2.45, 2.75) is 25.6 Å². The van der Waals surface area contributed by atoms with Gasteiger partial charge >= 0.3 is 0 Å². The average molecular weight is 311 g/mol. The van der Waals surface area contributed by atoms with E-state index in [4.69, 9.17) is 4.74 Å². The summed E-state index contributed by atoms with van der Waals surface area (Å²) in [7, 11) is 1.67. The standard InChI is InChI=1S/C20H25NO2/c1-4-20(2,22)16-21(14-17-9-6-5-7-10-17)15-18-11-8-12-19(13-18)23-3/h4-13,22H,1,14-16H2,2-3H3. The number of rotatable bonds is 8. The molecule has 3 nitrogen and oxygen atoms in total. The molecule has 3 heteroatoms. The summed E-state index contributed by atoms with van der Waals surface area (Å²) in [6.45, 7) is 7.53. The maximum absolute atomic E-state index is 10.4. The van der Waals surface area contributed by atoms with Crippen LogP contribution in [0.2, 0.25) is 0 Å². The quantitative estimate of drug-likeness (QED) is 0.756. The zero-order chi connectivity index (χ0) is 16.7. The first-order chi connectivity index (χ1) is 11.0. The summed E-state index contributed by atoms with van der Waals surface area (Å²) < 4.78 is 5.29. The van der Waals surface area contributed by atoms with Gasteiger partial charge in [-0.25, -0.2) is 0 Å². The minimum absolute atomic E-state index is 0.516. The van der Waals surface area contributed by atoms with E-state index in [9.17, 15) is 5.11 Å². The second-order valence-electron chi connectivity index (χ2n) is 6.04. The number of benzene rings is 2. The van der Waals surface area contributed by atoms with Gasteiger partial charge in [-0.3, -0.25) is 4.90 Å². The molecule has 1 N–H and O–H groups in total. The van der Waals surface area contributed by atoms with Crippen molar-refractivity contribution in [1.82, 2.24) is 4.90 Å². The molecule has 0 saturated carbocycles. The molecule has 0 radical (unpaired) electrons. The normalized spacial score (nSPS) is 13.6. The van der Waals surface area contributed by atoms with Gasteiger partial charge in [-0.1, -0.05) is 48.5 Å². The second kappa shape index (κ2) is 7.95. The van der Waals surface area contributed by atoms with Crippen LogP contribution < -0.4 is 4.74 Å². The van der Waals surface area contributed by atoms with Gasteiger partial charge in [0, 0.05) is 19.6 Å². The predicted octanol–water partition coefficient (Wildman–Crippen LogP) is 3.63. The van der Waals surface area contributed by atoms with Crippen LogP contribution in [0.1, 0.15) is 18.1 Å². The highest BCUT2D eigenvalue weighted by atomic mass is 16.5. The zero-order valence-electron chi connectivity index (χ0n) is 13.9. The molecule has 23 heavy (non-hydrogen) atoms. The van der Waals surface area contributed by atoms with Gasteiger partial charge in [0.1, 0.15) is 5.75 Å². The topological polar surface area (TPSA) is 32.7 Å². The van der Waals surface area contributed by atoms with Crippen LogP contribution in [-0.2, 0) is 13.1 Å². The van der Waals surface area contributed by atoms with E-state index in [0.29, 0.717) is 6.54 Å². The van der Waals surface area contributed by atoms with Crippen molar-refractivity contribution in [3.05, 3.63) is 78.4 Å². The third kappa shape index (κ3) is 5.55. The van der Waals surface area contributed by atoms with Gasteiger partial charge in [0.25, 0.3) is 0 Å². The first-order valence-corrected chi connectivity index (χ1v) is 7.77. The first-order valence-electron chi connectivity index (χ1n) is 7.77. The number of ether oxygens (including phenoxy) is 1. The Labute approximate surface area is 138 Å². The van der Waals surface area contributed by atoms with Crippen molar-refractivity contribution in [2.24, 2.45) is 0 Å². The summed E-state index contributed by atoms with van der Waals surface area (Å²) in [5.41, 5.74) is 1.45. The van der Waals surface area contributed by atoms with E-state index in [2.05, 4.69) is 29.7 Å². The predicted molar refractivity (Wildman–Crippen MR) is 94.4 cm³/mol. The fourth-order valence-electron chi connectivity index (χ4n) is 2.56. The molecule has 0 aliphatic heterocycles. The average Bonchev–Trinajstić information content (AvgIpc) is 2.55. The molecule has 0 aliphatic carbocycles. The third-order valence-corrected chi connectivity index (χ3v) is 3.77. The van der Waals surface area contributed by atoms with Crippen molar-refractivity contribution in [2.75, 3.05) is 13.7 Å². The Balaban J connectivity index is 2.16. The maximum atomic E-state index is 10.4. The third-order valence-electron chi connectivity index (χ3n) is 3.77. The Morgan fingerprint density at radius 3 is 2.39 bits per heavy atom.